The highest BCUT2D eigenvalue weighted by Crippen LogP contribution is 2.43. The zero-order valence-corrected chi connectivity index (χ0v) is 24.1. The van der Waals surface area contributed by atoms with Gasteiger partial charge in [0.2, 0.25) is 12.7 Å². The number of methoxy groups -OCH3 is 1. The number of carboxylic acid groups (broad SMARTS) is 1. The zero-order chi connectivity index (χ0) is 28.5. The van der Waals surface area contributed by atoms with Gasteiger partial charge < -0.3 is 24.2 Å². The largest absolute Gasteiger partial charge is 0.496 e. The number of amides is 1. The second-order valence-electron chi connectivity index (χ2n) is 10.9. The fourth-order valence-electron chi connectivity index (χ4n) is 6.08. The predicted octanol–water partition coefficient (Wildman–Crippen LogP) is 5.34. The number of aliphatic carboxylic acids is 1. The molecule has 0 bridgehead atoms. The summed E-state index contributed by atoms with van der Waals surface area (Å²) in [6, 6.07) is 13.4. The number of likely N-dealkylation sites (tertiary alicyclic amines) is 1. The first kappa shape index (κ1) is 29.7. The van der Waals surface area contributed by atoms with Crippen LogP contribution in [0.1, 0.15) is 69.4 Å². The van der Waals surface area contributed by atoms with Crippen LogP contribution < -0.4 is 14.2 Å². The molecule has 218 valence electrons. The Bertz CT molecular complexity index is 1130. The van der Waals surface area contributed by atoms with Crippen molar-refractivity contribution in [1.82, 2.24) is 9.80 Å². The Morgan fingerprint density at radius 2 is 1.75 bits per heavy atom. The van der Waals surface area contributed by atoms with E-state index in [0.29, 0.717) is 24.5 Å². The van der Waals surface area contributed by atoms with Gasteiger partial charge in [0, 0.05) is 31.6 Å². The van der Waals surface area contributed by atoms with Crippen LogP contribution in [0.3, 0.4) is 0 Å². The van der Waals surface area contributed by atoms with Crippen molar-refractivity contribution in [3.05, 3.63) is 53.6 Å². The number of para-hydroxylation sites is 1. The van der Waals surface area contributed by atoms with Gasteiger partial charge in [0.25, 0.3) is 0 Å². The van der Waals surface area contributed by atoms with Gasteiger partial charge in [-0.1, -0.05) is 51.0 Å². The minimum absolute atomic E-state index is 0.0899. The average Bonchev–Trinajstić information content (AvgIpc) is 3.57. The lowest BCUT2D eigenvalue weighted by molar-refractivity contribution is -0.143. The molecule has 1 fully saturated rings. The molecule has 1 N–H and O–H groups in total. The highest BCUT2D eigenvalue weighted by Gasteiger charge is 2.47. The molecule has 40 heavy (non-hydrogen) atoms. The number of aryl methyl sites for hydroxylation is 1. The molecule has 2 aromatic rings. The molecule has 0 aromatic heterocycles. The molecule has 4 rings (SSSR count). The van der Waals surface area contributed by atoms with Crippen LogP contribution in [0.5, 0.6) is 17.2 Å². The number of hydrogen-bond acceptors (Lipinski definition) is 6. The average molecular weight is 553 g/mol. The van der Waals surface area contributed by atoms with E-state index in [1.807, 2.05) is 41.3 Å². The maximum Gasteiger partial charge on any atom is 0.308 e. The summed E-state index contributed by atoms with van der Waals surface area (Å²) in [6.45, 7) is 6.67. The number of nitrogens with zero attached hydrogens (tertiary/aromatic N) is 2. The van der Waals surface area contributed by atoms with Crippen LogP contribution in [0.25, 0.3) is 0 Å². The summed E-state index contributed by atoms with van der Waals surface area (Å²) in [6.07, 6.45) is 6.24. The van der Waals surface area contributed by atoms with E-state index in [-0.39, 0.29) is 31.2 Å². The molecular weight excluding hydrogens is 508 g/mol. The Morgan fingerprint density at radius 1 is 1.02 bits per heavy atom. The van der Waals surface area contributed by atoms with E-state index in [4.69, 9.17) is 14.2 Å². The lowest BCUT2D eigenvalue weighted by atomic mass is 9.83. The van der Waals surface area contributed by atoms with E-state index >= 15 is 0 Å². The van der Waals surface area contributed by atoms with E-state index in [1.165, 1.54) is 0 Å². The van der Waals surface area contributed by atoms with Gasteiger partial charge in [0.1, 0.15) is 5.75 Å². The Morgan fingerprint density at radius 3 is 2.45 bits per heavy atom. The number of carbonyl (C=O) groups excluding carboxylic acids is 1. The summed E-state index contributed by atoms with van der Waals surface area (Å²) < 4.78 is 16.6. The summed E-state index contributed by atoms with van der Waals surface area (Å²) >= 11 is 0. The van der Waals surface area contributed by atoms with Gasteiger partial charge in [-0.2, -0.15) is 0 Å². The van der Waals surface area contributed by atoms with Crippen molar-refractivity contribution in [2.45, 2.75) is 70.8 Å². The van der Waals surface area contributed by atoms with Gasteiger partial charge in [-0.05, 0) is 61.4 Å². The van der Waals surface area contributed by atoms with Crippen molar-refractivity contribution in [1.29, 1.82) is 0 Å². The summed E-state index contributed by atoms with van der Waals surface area (Å²) in [7, 11) is 1.67. The molecule has 0 saturated carbocycles. The first-order chi connectivity index (χ1) is 19.5. The van der Waals surface area contributed by atoms with Crippen molar-refractivity contribution in [2.24, 2.45) is 5.92 Å². The molecule has 3 atom stereocenters. The number of fused-ring (bicyclic) bond motifs is 1. The summed E-state index contributed by atoms with van der Waals surface area (Å²) in [5.41, 5.74) is 2.02. The van der Waals surface area contributed by atoms with Crippen LogP contribution in [0.4, 0.5) is 0 Å². The summed E-state index contributed by atoms with van der Waals surface area (Å²) in [5.74, 6) is 0.546. The van der Waals surface area contributed by atoms with E-state index in [1.54, 1.807) is 7.11 Å². The van der Waals surface area contributed by atoms with Crippen LogP contribution in [0.15, 0.2) is 42.5 Å². The molecule has 2 aliphatic heterocycles. The zero-order valence-electron chi connectivity index (χ0n) is 24.1. The first-order valence-corrected chi connectivity index (χ1v) is 14.7. The van der Waals surface area contributed by atoms with Crippen molar-refractivity contribution in [3.8, 4) is 17.2 Å². The van der Waals surface area contributed by atoms with Crippen molar-refractivity contribution in [2.75, 3.05) is 40.1 Å². The van der Waals surface area contributed by atoms with E-state index in [2.05, 4.69) is 24.8 Å². The van der Waals surface area contributed by atoms with Crippen LogP contribution in [-0.2, 0) is 16.0 Å². The van der Waals surface area contributed by atoms with Crippen molar-refractivity contribution < 1.29 is 28.9 Å². The lowest BCUT2D eigenvalue weighted by Gasteiger charge is -2.30. The molecule has 2 aromatic carbocycles. The minimum atomic E-state index is -0.825. The first-order valence-electron chi connectivity index (χ1n) is 14.7. The van der Waals surface area contributed by atoms with E-state index in [0.717, 1.165) is 68.5 Å². The standard InChI is InChI=1S/C32H44N2O6/c1-4-6-17-33(18-7-5-2)30(35)21-34-20-25(24-15-16-28-29(19-24)40-22-39-28)31(32(36)37)26(34)13-10-12-23-11-8-9-14-27(23)38-3/h8-9,11,14-16,19,25-26,31H,4-7,10,12-13,17-18,20-22H2,1-3H3,(H,36,37). The van der Waals surface area contributed by atoms with Gasteiger partial charge in [0.15, 0.2) is 11.5 Å². The predicted molar refractivity (Wildman–Crippen MR) is 154 cm³/mol. The number of hydrogen-bond donors (Lipinski definition) is 1. The third kappa shape index (κ3) is 7.08. The topological polar surface area (TPSA) is 88.5 Å². The Balaban J connectivity index is 1.57. The number of rotatable bonds is 15. The highest BCUT2D eigenvalue weighted by atomic mass is 16.7. The number of ether oxygens (including phenoxy) is 3. The summed E-state index contributed by atoms with van der Waals surface area (Å²) in [5, 5.41) is 10.5. The molecule has 1 amide bonds. The smallest absolute Gasteiger partial charge is 0.308 e. The van der Waals surface area contributed by atoms with Gasteiger partial charge in [-0.15, -0.1) is 0 Å². The third-order valence-electron chi connectivity index (χ3n) is 8.25. The highest BCUT2D eigenvalue weighted by molar-refractivity contribution is 5.79. The molecule has 3 unspecified atom stereocenters. The molecule has 0 spiro atoms. The fraction of sp³-hybridized carbons (Fsp3) is 0.562. The van der Waals surface area contributed by atoms with Crippen LogP contribution in [-0.4, -0.2) is 72.9 Å². The number of unbranched alkanes of at least 4 members (excludes halogenated alkanes) is 2. The molecule has 0 aliphatic carbocycles. The number of carboxylic acids is 1. The van der Waals surface area contributed by atoms with Gasteiger partial charge in [-0.3, -0.25) is 14.5 Å². The van der Waals surface area contributed by atoms with E-state index in [9.17, 15) is 14.7 Å². The molecule has 0 radical (unpaired) electrons. The number of carbonyl (C=O) groups is 2. The lowest BCUT2D eigenvalue weighted by Crippen LogP contribution is -2.44. The van der Waals surface area contributed by atoms with Crippen molar-refractivity contribution in [3.63, 3.8) is 0 Å². The second-order valence-corrected chi connectivity index (χ2v) is 10.9. The normalized spacial score (nSPS) is 20.0. The SMILES string of the molecule is CCCCN(CCCC)C(=O)CN1CC(c2ccc3c(c2)OCO3)C(C(=O)O)C1CCCc1ccccc1OC. The minimum Gasteiger partial charge on any atom is -0.496 e. The Hall–Kier alpha value is -3.26. The Labute approximate surface area is 238 Å². The quantitative estimate of drug-likeness (QED) is 0.319. The van der Waals surface area contributed by atoms with Crippen LogP contribution in [0.2, 0.25) is 0 Å². The molecule has 1 saturated heterocycles. The molecule has 2 aliphatic rings. The van der Waals surface area contributed by atoms with Crippen LogP contribution >= 0.6 is 0 Å². The number of benzene rings is 2. The second kappa shape index (κ2) is 14.4. The van der Waals surface area contributed by atoms with Gasteiger partial charge in [0.05, 0.1) is 19.6 Å². The maximum absolute atomic E-state index is 13.6. The fourth-order valence-corrected chi connectivity index (χ4v) is 6.08. The van der Waals surface area contributed by atoms with Crippen molar-refractivity contribution >= 4 is 11.9 Å². The molecular formula is C32H44N2O6. The molecule has 2 heterocycles. The molecule has 8 heteroatoms. The van der Waals surface area contributed by atoms with Gasteiger partial charge >= 0.3 is 5.97 Å². The Kier molecular flexibility index (Phi) is 10.7. The molecule has 8 nitrogen and oxygen atoms in total. The monoisotopic (exact) mass is 552 g/mol. The summed E-state index contributed by atoms with van der Waals surface area (Å²) in [4.78, 5) is 30.5. The van der Waals surface area contributed by atoms with Gasteiger partial charge in [-0.25, -0.2) is 0 Å². The van der Waals surface area contributed by atoms with E-state index < -0.39 is 11.9 Å². The van der Waals surface area contributed by atoms with Crippen LogP contribution in [0, 0.1) is 5.92 Å². The maximum atomic E-state index is 13.6. The third-order valence-corrected chi connectivity index (χ3v) is 8.25.